The van der Waals surface area contributed by atoms with Gasteiger partial charge in [-0.25, -0.2) is 0 Å². The van der Waals surface area contributed by atoms with Crippen LogP contribution in [0.15, 0.2) is 12.3 Å². The van der Waals surface area contributed by atoms with Crippen LogP contribution in [0, 0.1) is 0 Å². The molecule has 100 valence electrons. The second-order valence-electron chi connectivity index (χ2n) is 4.53. The normalized spacial score (nSPS) is 10.7. The summed E-state index contributed by atoms with van der Waals surface area (Å²) in [6.45, 7) is 5.86. The molecule has 1 amide bonds. The minimum atomic E-state index is -0.147. The molecule has 1 aromatic rings. The fraction of sp³-hybridized carbons (Fsp3) is 0.538. The molecular weight excluding hydrogens is 232 g/mol. The van der Waals surface area contributed by atoms with Crippen LogP contribution in [0.3, 0.4) is 0 Å². The standard InChI is InChI=1S/C13H20N2O3/c1-9(2)15(5-4-6-16)13(18)12-7-11(8-14-12)10(3)17/h7-9,14,16H,4-6H2,1-3H3. The quantitative estimate of drug-likeness (QED) is 0.753. The van der Waals surface area contributed by atoms with E-state index in [4.69, 9.17) is 5.11 Å². The van der Waals surface area contributed by atoms with E-state index in [-0.39, 0.29) is 24.3 Å². The molecule has 5 heteroatoms. The van der Waals surface area contributed by atoms with E-state index in [1.807, 2.05) is 13.8 Å². The van der Waals surface area contributed by atoms with Crippen molar-refractivity contribution in [1.29, 1.82) is 0 Å². The molecular formula is C13H20N2O3. The first-order valence-electron chi connectivity index (χ1n) is 6.08. The summed E-state index contributed by atoms with van der Waals surface area (Å²) in [5.74, 6) is -0.220. The van der Waals surface area contributed by atoms with Gasteiger partial charge in [0.2, 0.25) is 0 Å². The Balaban J connectivity index is 2.84. The molecule has 0 bridgehead atoms. The van der Waals surface area contributed by atoms with E-state index in [9.17, 15) is 9.59 Å². The van der Waals surface area contributed by atoms with Gasteiger partial charge in [0.05, 0.1) is 0 Å². The van der Waals surface area contributed by atoms with Gasteiger partial charge in [0.15, 0.2) is 5.78 Å². The van der Waals surface area contributed by atoms with Crippen molar-refractivity contribution in [2.24, 2.45) is 0 Å². The summed E-state index contributed by atoms with van der Waals surface area (Å²) < 4.78 is 0. The summed E-state index contributed by atoms with van der Waals surface area (Å²) in [5.41, 5.74) is 0.913. The van der Waals surface area contributed by atoms with Crippen LogP contribution in [-0.4, -0.2) is 45.9 Å². The molecule has 0 radical (unpaired) electrons. The van der Waals surface area contributed by atoms with Crippen molar-refractivity contribution < 1.29 is 14.7 Å². The van der Waals surface area contributed by atoms with Gasteiger partial charge >= 0.3 is 0 Å². The predicted octanol–water partition coefficient (Wildman–Crippen LogP) is 1.45. The molecule has 5 nitrogen and oxygen atoms in total. The Morgan fingerprint density at radius 3 is 2.56 bits per heavy atom. The topological polar surface area (TPSA) is 73.4 Å². The summed E-state index contributed by atoms with van der Waals surface area (Å²) in [6.07, 6.45) is 2.09. The maximum absolute atomic E-state index is 12.2. The number of carbonyl (C=O) groups excluding carboxylic acids is 2. The summed E-state index contributed by atoms with van der Waals surface area (Å²) in [4.78, 5) is 27.9. The molecule has 1 rings (SSSR count). The lowest BCUT2D eigenvalue weighted by Crippen LogP contribution is -2.38. The fourth-order valence-electron chi connectivity index (χ4n) is 1.71. The van der Waals surface area contributed by atoms with Gasteiger partial charge in [0, 0.05) is 31.0 Å². The van der Waals surface area contributed by atoms with Crippen molar-refractivity contribution in [2.75, 3.05) is 13.2 Å². The first kappa shape index (κ1) is 14.4. The second kappa shape index (κ2) is 6.35. The number of aromatic nitrogens is 1. The zero-order chi connectivity index (χ0) is 13.7. The first-order valence-corrected chi connectivity index (χ1v) is 6.08. The minimum Gasteiger partial charge on any atom is -0.396 e. The number of hydrogen-bond acceptors (Lipinski definition) is 3. The van der Waals surface area contributed by atoms with E-state index < -0.39 is 0 Å². The number of aromatic amines is 1. The third-order valence-electron chi connectivity index (χ3n) is 2.76. The number of amides is 1. The highest BCUT2D eigenvalue weighted by Crippen LogP contribution is 2.10. The molecule has 0 aromatic carbocycles. The lowest BCUT2D eigenvalue weighted by Gasteiger charge is -2.26. The monoisotopic (exact) mass is 252 g/mol. The number of ketones is 1. The van der Waals surface area contributed by atoms with Crippen molar-refractivity contribution in [3.63, 3.8) is 0 Å². The molecule has 0 fully saturated rings. The zero-order valence-corrected chi connectivity index (χ0v) is 11.1. The molecule has 0 unspecified atom stereocenters. The van der Waals surface area contributed by atoms with Crippen LogP contribution in [0.4, 0.5) is 0 Å². The van der Waals surface area contributed by atoms with Gasteiger partial charge in [0.25, 0.3) is 5.91 Å². The van der Waals surface area contributed by atoms with Crippen molar-refractivity contribution in [3.05, 3.63) is 23.5 Å². The largest absolute Gasteiger partial charge is 0.396 e. The second-order valence-corrected chi connectivity index (χ2v) is 4.53. The minimum absolute atomic E-state index is 0.0492. The van der Waals surface area contributed by atoms with Gasteiger partial charge < -0.3 is 15.0 Å². The van der Waals surface area contributed by atoms with E-state index >= 15 is 0 Å². The van der Waals surface area contributed by atoms with Gasteiger partial charge in [0.1, 0.15) is 5.69 Å². The first-order chi connectivity index (χ1) is 8.47. The summed E-state index contributed by atoms with van der Waals surface area (Å²) >= 11 is 0. The smallest absolute Gasteiger partial charge is 0.270 e. The Labute approximate surface area is 107 Å². The average molecular weight is 252 g/mol. The number of Topliss-reactive ketones (excluding diaryl/α,β-unsaturated/α-hetero) is 1. The molecule has 1 heterocycles. The molecule has 0 aliphatic heterocycles. The lowest BCUT2D eigenvalue weighted by molar-refractivity contribution is 0.0688. The third-order valence-corrected chi connectivity index (χ3v) is 2.76. The van der Waals surface area contributed by atoms with Crippen LogP contribution in [0.1, 0.15) is 48.0 Å². The number of nitrogens with one attached hydrogen (secondary N) is 1. The molecule has 0 aliphatic carbocycles. The molecule has 18 heavy (non-hydrogen) atoms. The van der Waals surface area contributed by atoms with Crippen LogP contribution < -0.4 is 0 Å². The SMILES string of the molecule is CC(=O)c1c[nH]c(C(=O)N(CCCO)C(C)C)c1. The van der Waals surface area contributed by atoms with Crippen LogP contribution in [-0.2, 0) is 0 Å². The Kier molecular flexibility index (Phi) is 5.09. The van der Waals surface area contributed by atoms with Gasteiger partial charge in [-0.05, 0) is 33.3 Å². The summed E-state index contributed by atoms with van der Waals surface area (Å²) in [6, 6.07) is 1.62. The molecule has 0 atom stereocenters. The highest BCUT2D eigenvalue weighted by molar-refractivity contribution is 5.99. The molecule has 0 aliphatic rings. The van der Waals surface area contributed by atoms with Crippen LogP contribution >= 0.6 is 0 Å². The van der Waals surface area contributed by atoms with E-state index in [1.165, 1.54) is 6.92 Å². The van der Waals surface area contributed by atoms with Crippen LogP contribution in [0.25, 0.3) is 0 Å². The van der Waals surface area contributed by atoms with E-state index in [0.717, 1.165) is 0 Å². The number of aliphatic hydroxyl groups excluding tert-OH is 1. The summed E-state index contributed by atoms with van der Waals surface area (Å²) in [7, 11) is 0. The van der Waals surface area contributed by atoms with E-state index in [2.05, 4.69) is 4.98 Å². The van der Waals surface area contributed by atoms with Crippen molar-refractivity contribution in [2.45, 2.75) is 33.2 Å². The van der Waals surface area contributed by atoms with Crippen molar-refractivity contribution in [3.8, 4) is 0 Å². The highest BCUT2D eigenvalue weighted by atomic mass is 16.3. The summed E-state index contributed by atoms with van der Waals surface area (Å²) in [5, 5.41) is 8.84. The number of hydrogen-bond donors (Lipinski definition) is 2. The Morgan fingerprint density at radius 1 is 1.44 bits per heavy atom. The maximum Gasteiger partial charge on any atom is 0.270 e. The number of rotatable bonds is 6. The zero-order valence-electron chi connectivity index (χ0n) is 11.1. The molecule has 0 saturated carbocycles. The predicted molar refractivity (Wildman–Crippen MR) is 68.7 cm³/mol. The maximum atomic E-state index is 12.2. The average Bonchev–Trinajstić information content (AvgIpc) is 2.78. The third kappa shape index (κ3) is 3.43. The van der Waals surface area contributed by atoms with Gasteiger partial charge in [-0.15, -0.1) is 0 Å². The van der Waals surface area contributed by atoms with Crippen molar-refractivity contribution in [1.82, 2.24) is 9.88 Å². The van der Waals surface area contributed by atoms with E-state index in [0.29, 0.717) is 24.2 Å². The molecule has 0 saturated heterocycles. The Hall–Kier alpha value is -1.62. The Bertz CT molecular complexity index is 424. The highest BCUT2D eigenvalue weighted by Gasteiger charge is 2.20. The molecule has 1 aromatic heterocycles. The van der Waals surface area contributed by atoms with Gasteiger partial charge in [-0.3, -0.25) is 9.59 Å². The number of H-pyrrole nitrogens is 1. The molecule has 0 spiro atoms. The van der Waals surface area contributed by atoms with Gasteiger partial charge in [-0.1, -0.05) is 0 Å². The molecule has 2 N–H and O–H groups in total. The van der Waals surface area contributed by atoms with Crippen LogP contribution in [0.5, 0.6) is 0 Å². The van der Waals surface area contributed by atoms with Crippen LogP contribution in [0.2, 0.25) is 0 Å². The van der Waals surface area contributed by atoms with Gasteiger partial charge in [-0.2, -0.15) is 0 Å². The lowest BCUT2D eigenvalue weighted by atomic mass is 10.2. The van der Waals surface area contributed by atoms with Crippen molar-refractivity contribution >= 4 is 11.7 Å². The fourth-order valence-corrected chi connectivity index (χ4v) is 1.71. The number of aliphatic hydroxyl groups is 1. The number of nitrogens with zero attached hydrogens (tertiary/aromatic N) is 1. The van der Waals surface area contributed by atoms with E-state index in [1.54, 1.807) is 17.2 Å². The Morgan fingerprint density at radius 2 is 2.11 bits per heavy atom. The number of carbonyl (C=O) groups is 2.